The van der Waals surface area contributed by atoms with Gasteiger partial charge in [-0.3, -0.25) is 4.79 Å². The smallest absolute Gasteiger partial charge is 0.281 e. The molecule has 1 aromatic carbocycles. The Hall–Kier alpha value is -2.48. The van der Waals surface area contributed by atoms with Gasteiger partial charge < -0.3 is 14.0 Å². The first-order valence-electron chi connectivity index (χ1n) is 6.53. The van der Waals surface area contributed by atoms with E-state index < -0.39 is 15.9 Å². The summed E-state index contributed by atoms with van der Waals surface area (Å²) in [6.07, 6.45) is 2.60. The standard InChI is InChI=1S/C14H14N2O5S/c1-22(18,19)15-14(17)11-3-2-6-16(11)10-4-5-12-13(9-10)21-8-7-20-12/h2-6,9H,7-8H2,1H3,(H,15,17). The zero-order valence-corrected chi connectivity index (χ0v) is 12.6. The SMILES string of the molecule is CS(=O)(=O)NC(=O)c1cccn1-c1ccc2c(c1)OCCO2. The molecule has 1 aromatic heterocycles. The number of nitrogens with zero attached hydrogens (tertiary/aromatic N) is 1. The lowest BCUT2D eigenvalue weighted by atomic mass is 10.2. The van der Waals surface area contributed by atoms with Gasteiger partial charge in [0.15, 0.2) is 11.5 Å². The number of sulfonamides is 1. The normalized spacial score (nSPS) is 13.7. The van der Waals surface area contributed by atoms with Crippen LogP contribution in [-0.4, -0.2) is 38.4 Å². The Labute approximate surface area is 127 Å². The van der Waals surface area contributed by atoms with Crippen molar-refractivity contribution in [2.75, 3.05) is 19.5 Å². The maximum Gasteiger partial charge on any atom is 0.281 e. The average Bonchev–Trinajstić information content (AvgIpc) is 2.94. The molecular weight excluding hydrogens is 308 g/mol. The first-order chi connectivity index (χ1) is 10.4. The topological polar surface area (TPSA) is 86.6 Å². The number of benzene rings is 1. The van der Waals surface area contributed by atoms with Crippen molar-refractivity contribution in [2.45, 2.75) is 0 Å². The molecule has 116 valence electrons. The molecule has 0 radical (unpaired) electrons. The molecule has 2 aromatic rings. The van der Waals surface area contributed by atoms with Gasteiger partial charge in [0.2, 0.25) is 10.0 Å². The van der Waals surface area contributed by atoms with Crippen LogP contribution in [0.1, 0.15) is 10.5 Å². The summed E-state index contributed by atoms with van der Waals surface area (Å²) < 4.78 is 36.9. The van der Waals surface area contributed by atoms with Gasteiger partial charge in [-0.25, -0.2) is 13.1 Å². The molecular formula is C14H14N2O5S. The highest BCUT2D eigenvalue weighted by atomic mass is 32.2. The lowest BCUT2D eigenvalue weighted by Gasteiger charge is -2.19. The number of carbonyl (C=O) groups is 1. The van der Waals surface area contributed by atoms with Gasteiger partial charge >= 0.3 is 0 Å². The molecule has 0 unspecified atom stereocenters. The van der Waals surface area contributed by atoms with E-state index in [1.54, 1.807) is 35.0 Å². The van der Waals surface area contributed by atoms with Crippen molar-refractivity contribution < 1.29 is 22.7 Å². The van der Waals surface area contributed by atoms with Crippen molar-refractivity contribution in [3.05, 3.63) is 42.2 Å². The van der Waals surface area contributed by atoms with Crippen molar-refractivity contribution in [1.29, 1.82) is 0 Å². The number of hydrogen-bond acceptors (Lipinski definition) is 5. The van der Waals surface area contributed by atoms with Gasteiger partial charge in [-0.2, -0.15) is 0 Å². The molecule has 0 aliphatic carbocycles. The maximum atomic E-state index is 12.0. The predicted molar refractivity (Wildman–Crippen MR) is 79.1 cm³/mol. The fraction of sp³-hybridized carbons (Fsp3) is 0.214. The summed E-state index contributed by atoms with van der Waals surface area (Å²) in [6.45, 7) is 0.960. The number of amides is 1. The van der Waals surface area contributed by atoms with E-state index in [0.29, 0.717) is 30.4 Å². The van der Waals surface area contributed by atoms with Crippen molar-refractivity contribution >= 4 is 15.9 Å². The van der Waals surface area contributed by atoms with Crippen LogP contribution in [0.4, 0.5) is 0 Å². The highest BCUT2D eigenvalue weighted by Crippen LogP contribution is 2.32. The zero-order chi connectivity index (χ0) is 15.7. The van der Waals surface area contributed by atoms with Gasteiger partial charge in [0.05, 0.1) is 6.26 Å². The van der Waals surface area contributed by atoms with Crippen molar-refractivity contribution in [3.8, 4) is 17.2 Å². The minimum Gasteiger partial charge on any atom is -0.486 e. The summed E-state index contributed by atoms with van der Waals surface area (Å²) >= 11 is 0. The van der Waals surface area contributed by atoms with Gasteiger partial charge in [-0.15, -0.1) is 0 Å². The number of ether oxygens (including phenoxy) is 2. The second kappa shape index (κ2) is 5.38. The van der Waals surface area contributed by atoms with Crippen LogP contribution in [0, 0.1) is 0 Å². The van der Waals surface area contributed by atoms with Crippen LogP contribution in [0.5, 0.6) is 11.5 Å². The lowest BCUT2D eigenvalue weighted by Crippen LogP contribution is -2.30. The number of hydrogen-bond donors (Lipinski definition) is 1. The Morgan fingerprint density at radius 1 is 1.18 bits per heavy atom. The highest BCUT2D eigenvalue weighted by Gasteiger charge is 2.18. The maximum absolute atomic E-state index is 12.0. The summed E-state index contributed by atoms with van der Waals surface area (Å²) in [5.41, 5.74) is 0.884. The van der Waals surface area contributed by atoms with Gasteiger partial charge in [-0.1, -0.05) is 0 Å². The lowest BCUT2D eigenvalue weighted by molar-refractivity contribution is 0.0975. The average molecular weight is 322 g/mol. The first kappa shape index (κ1) is 14.5. The summed E-state index contributed by atoms with van der Waals surface area (Å²) in [5, 5.41) is 0. The third-order valence-corrected chi connectivity index (χ3v) is 3.62. The second-order valence-electron chi connectivity index (χ2n) is 4.79. The second-order valence-corrected chi connectivity index (χ2v) is 6.54. The van der Waals surface area contributed by atoms with Crippen molar-refractivity contribution in [2.24, 2.45) is 0 Å². The summed E-state index contributed by atoms with van der Waals surface area (Å²) in [5.74, 6) is 0.540. The van der Waals surface area contributed by atoms with Gasteiger partial charge in [0, 0.05) is 18.0 Å². The molecule has 2 heterocycles. The summed E-state index contributed by atoms with van der Waals surface area (Å²) in [4.78, 5) is 12.0. The van der Waals surface area contributed by atoms with Crippen LogP contribution in [0.25, 0.3) is 5.69 Å². The quantitative estimate of drug-likeness (QED) is 0.909. The van der Waals surface area contributed by atoms with Crippen LogP contribution in [0.2, 0.25) is 0 Å². The van der Waals surface area contributed by atoms with Crippen LogP contribution in [-0.2, 0) is 10.0 Å². The third kappa shape index (κ3) is 2.91. The first-order valence-corrected chi connectivity index (χ1v) is 8.43. The van der Waals surface area contributed by atoms with Crippen molar-refractivity contribution in [1.82, 2.24) is 9.29 Å². The molecule has 1 aliphatic rings. The summed E-state index contributed by atoms with van der Waals surface area (Å²) in [6, 6.07) is 8.46. The van der Waals surface area contributed by atoms with E-state index in [2.05, 4.69) is 0 Å². The molecule has 0 saturated carbocycles. The molecule has 7 nitrogen and oxygen atoms in total. The molecule has 0 fully saturated rings. The minimum atomic E-state index is -3.62. The molecule has 0 bridgehead atoms. The molecule has 22 heavy (non-hydrogen) atoms. The van der Waals surface area contributed by atoms with E-state index in [9.17, 15) is 13.2 Å². The van der Waals surface area contributed by atoms with Crippen LogP contribution in [0.15, 0.2) is 36.5 Å². The number of rotatable bonds is 3. The number of carbonyl (C=O) groups excluding carboxylic acids is 1. The molecule has 0 spiro atoms. The number of aromatic nitrogens is 1. The van der Waals surface area contributed by atoms with Crippen LogP contribution < -0.4 is 14.2 Å². The molecule has 8 heteroatoms. The Morgan fingerprint density at radius 3 is 2.64 bits per heavy atom. The Balaban J connectivity index is 1.96. The predicted octanol–water partition coefficient (Wildman–Crippen LogP) is 0.938. The number of nitrogens with one attached hydrogen (secondary N) is 1. The molecule has 1 N–H and O–H groups in total. The van der Waals surface area contributed by atoms with E-state index in [0.717, 1.165) is 6.26 Å². The fourth-order valence-electron chi connectivity index (χ4n) is 2.19. The summed E-state index contributed by atoms with van der Waals surface area (Å²) in [7, 11) is -3.62. The van der Waals surface area contributed by atoms with Crippen LogP contribution >= 0.6 is 0 Å². The molecule has 0 atom stereocenters. The Morgan fingerprint density at radius 2 is 1.91 bits per heavy atom. The van der Waals surface area contributed by atoms with E-state index >= 15 is 0 Å². The Kier molecular flexibility index (Phi) is 3.53. The van der Waals surface area contributed by atoms with Gasteiger partial charge in [0.25, 0.3) is 5.91 Å². The van der Waals surface area contributed by atoms with Crippen LogP contribution in [0.3, 0.4) is 0 Å². The molecule has 1 aliphatic heterocycles. The molecule has 0 saturated heterocycles. The monoisotopic (exact) mass is 322 g/mol. The van der Waals surface area contributed by atoms with Crippen molar-refractivity contribution in [3.63, 3.8) is 0 Å². The minimum absolute atomic E-state index is 0.210. The molecule has 3 rings (SSSR count). The molecule has 1 amide bonds. The largest absolute Gasteiger partial charge is 0.486 e. The third-order valence-electron chi connectivity index (χ3n) is 3.06. The number of fused-ring (bicyclic) bond motifs is 1. The van der Waals surface area contributed by atoms with E-state index in [-0.39, 0.29) is 5.69 Å². The Bertz CT molecular complexity index is 826. The fourth-order valence-corrected chi connectivity index (χ4v) is 2.63. The highest BCUT2D eigenvalue weighted by molar-refractivity contribution is 7.89. The van der Waals surface area contributed by atoms with Gasteiger partial charge in [-0.05, 0) is 24.3 Å². The van der Waals surface area contributed by atoms with Gasteiger partial charge in [0.1, 0.15) is 18.9 Å². The van der Waals surface area contributed by atoms with E-state index in [4.69, 9.17) is 9.47 Å². The van der Waals surface area contributed by atoms with E-state index in [1.807, 2.05) is 4.72 Å². The van der Waals surface area contributed by atoms with E-state index in [1.165, 1.54) is 6.07 Å². The zero-order valence-electron chi connectivity index (χ0n) is 11.8.